The van der Waals surface area contributed by atoms with Crippen LogP contribution in [0.4, 0.5) is 13.2 Å². The van der Waals surface area contributed by atoms with Gasteiger partial charge < -0.3 is 10.8 Å². The summed E-state index contributed by atoms with van der Waals surface area (Å²) in [6, 6.07) is 0. The van der Waals surface area contributed by atoms with Crippen LogP contribution in [0.1, 0.15) is 0 Å². The Kier molecular flexibility index (Phi) is 4.58. The fourth-order valence-corrected chi connectivity index (χ4v) is 0.506. The number of nitrogens with zero attached hydrogens (tertiary/aromatic N) is 2. The molecule has 0 bridgehead atoms. The van der Waals surface area contributed by atoms with Crippen molar-refractivity contribution in [2.75, 3.05) is 6.67 Å². The average molecular weight is 226 g/mol. The molecule has 0 saturated heterocycles. The number of aliphatic imine (C=N–C) groups is 1. The second-order valence-electron chi connectivity index (χ2n) is 2.40. The zero-order valence-corrected chi connectivity index (χ0v) is 7.40. The lowest BCUT2D eigenvalue weighted by Crippen LogP contribution is -2.29. The van der Waals surface area contributed by atoms with E-state index in [1.807, 2.05) is 0 Å². The summed E-state index contributed by atoms with van der Waals surface area (Å²) in [6.45, 7) is 0.501. The molecular weight excluding hydrogens is 217 g/mol. The molecule has 0 aliphatic carbocycles. The third-order valence-corrected chi connectivity index (χ3v) is 1.04. The highest BCUT2D eigenvalue weighted by Crippen LogP contribution is 2.13. The summed E-state index contributed by atoms with van der Waals surface area (Å²) in [7, 11) is 0. The Balaban J connectivity index is 0.000000265. The largest absolute Gasteiger partial charge is 0.490 e. The number of hydrazine groups is 1. The molecule has 6 nitrogen and oxygen atoms in total. The molecule has 0 atom stereocenters. The number of allylic oxidation sites excluding steroid dienone is 1. The van der Waals surface area contributed by atoms with Crippen LogP contribution in [0, 0.1) is 0 Å². The molecule has 0 aromatic rings. The van der Waals surface area contributed by atoms with E-state index in [1.165, 1.54) is 5.01 Å². The van der Waals surface area contributed by atoms with Crippen LogP contribution in [-0.2, 0) is 4.79 Å². The summed E-state index contributed by atoms with van der Waals surface area (Å²) < 4.78 is 31.7. The highest BCUT2D eigenvalue weighted by atomic mass is 19.4. The van der Waals surface area contributed by atoms with E-state index in [-0.39, 0.29) is 0 Å². The number of halogens is 3. The topological polar surface area (TPSA) is 105 Å². The van der Waals surface area contributed by atoms with Crippen LogP contribution >= 0.6 is 0 Å². The molecule has 0 aromatic heterocycles. The van der Waals surface area contributed by atoms with Crippen molar-refractivity contribution in [2.24, 2.45) is 16.6 Å². The molecule has 0 unspecified atom stereocenters. The van der Waals surface area contributed by atoms with Crippen molar-refractivity contribution in [3.05, 3.63) is 11.9 Å². The molecule has 0 radical (unpaired) electrons. The molecule has 86 valence electrons. The molecule has 0 amide bonds. The zero-order valence-electron chi connectivity index (χ0n) is 7.40. The summed E-state index contributed by atoms with van der Waals surface area (Å²) in [5, 5.41) is 8.55. The Labute approximate surface area is 82.6 Å². The molecule has 1 aliphatic rings. The molecule has 15 heavy (non-hydrogen) atoms. The van der Waals surface area contributed by atoms with Gasteiger partial charge in [0.05, 0.1) is 5.70 Å². The number of hydrogen-bond donors (Lipinski definition) is 3. The van der Waals surface area contributed by atoms with Gasteiger partial charge in [-0.3, -0.25) is 10.0 Å². The van der Waals surface area contributed by atoms with Gasteiger partial charge in [0.25, 0.3) is 0 Å². The van der Waals surface area contributed by atoms with Gasteiger partial charge in [-0.25, -0.2) is 10.6 Å². The number of carbonyl (C=O) groups is 1. The Hall–Kier alpha value is -1.77. The molecule has 9 heteroatoms. The van der Waals surface area contributed by atoms with Gasteiger partial charge in [-0.1, -0.05) is 0 Å². The highest BCUT2D eigenvalue weighted by molar-refractivity contribution is 5.77. The first-order valence-corrected chi connectivity index (χ1v) is 3.52. The van der Waals surface area contributed by atoms with E-state index < -0.39 is 12.1 Å². The Morgan fingerprint density at radius 3 is 2.27 bits per heavy atom. The number of aliphatic carboxylic acids is 1. The van der Waals surface area contributed by atoms with Crippen LogP contribution < -0.4 is 11.6 Å². The number of nitrogens with two attached hydrogens (primary N) is 2. The summed E-state index contributed by atoms with van der Waals surface area (Å²) in [5.74, 6) is 2.53. The number of hydrogen-bond acceptors (Lipinski definition) is 5. The molecule has 1 aliphatic heterocycles. The van der Waals surface area contributed by atoms with E-state index in [1.54, 1.807) is 12.4 Å². The minimum atomic E-state index is -5.08. The van der Waals surface area contributed by atoms with Crippen molar-refractivity contribution >= 4 is 12.2 Å². The normalized spacial score (nSPS) is 15.2. The summed E-state index contributed by atoms with van der Waals surface area (Å²) in [6.07, 6.45) is -1.86. The van der Waals surface area contributed by atoms with Crippen molar-refractivity contribution in [2.45, 2.75) is 6.18 Å². The SMILES string of the molecule is NC1=CN(N)CN=C1.O=C(O)C(F)(F)F. The van der Waals surface area contributed by atoms with E-state index in [0.29, 0.717) is 12.4 Å². The minimum absolute atomic E-state index is 0.501. The maximum atomic E-state index is 10.6. The Morgan fingerprint density at radius 1 is 1.60 bits per heavy atom. The van der Waals surface area contributed by atoms with Crippen molar-refractivity contribution in [1.29, 1.82) is 0 Å². The van der Waals surface area contributed by atoms with Gasteiger partial charge in [0.15, 0.2) is 0 Å². The van der Waals surface area contributed by atoms with Gasteiger partial charge in [-0.2, -0.15) is 13.2 Å². The zero-order chi connectivity index (χ0) is 12.1. The molecule has 0 spiro atoms. The van der Waals surface area contributed by atoms with E-state index >= 15 is 0 Å². The quantitative estimate of drug-likeness (QED) is 0.489. The Bertz CT molecular complexity index is 287. The van der Waals surface area contributed by atoms with Crippen molar-refractivity contribution in [3.63, 3.8) is 0 Å². The van der Waals surface area contributed by atoms with Crippen LogP contribution in [0.3, 0.4) is 0 Å². The van der Waals surface area contributed by atoms with E-state index in [2.05, 4.69) is 4.99 Å². The first-order valence-electron chi connectivity index (χ1n) is 3.52. The first-order chi connectivity index (χ1) is 6.73. The second kappa shape index (κ2) is 5.20. The van der Waals surface area contributed by atoms with Crippen LogP contribution in [0.25, 0.3) is 0 Å². The van der Waals surface area contributed by atoms with E-state index in [9.17, 15) is 13.2 Å². The van der Waals surface area contributed by atoms with Crippen LogP contribution in [0.15, 0.2) is 16.9 Å². The predicted octanol–water partition coefficient (Wildman–Crippen LogP) is -0.363. The molecular formula is C6H9F3N4O2. The van der Waals surface area contributed by atoms with Gasteiger partial charge in [0, 0.05) is 12.4 Å². The standard InChI is InChI=1S/C4H8N4.C2HF3O2/c5-4-1-7-3-8(6)2-4;3-2(4,5)1(6)7/h1-2H,3,5-6H2;(H,6,7). The lowest BCUT2D eigenvalue weighted by atomic mass is 10.5. The summed E-state index contributed by atoms with van der Waals surface area (Å²) in [4.78, 5) is 12.7. The Morgan fingerprint density at radius 2 is 2.07 bits per heavy atom. The monoisotopic (exact) mass is 226 g/mol. The predicted molar refractivity (Wildman–Crippen MR) is 45.3 cm³/mol. The third-order valence-electron chi connectivity index (χ3n) is 1.04. The minimum Gasteiger partial charge on any atom is -0.475 e. The van der Waals surface area contributed by atoms with Gasteiger partial charge in [-0.15, -0.1) is 0 Å². The van der Waals surface area contributed by atoms with Gasteiger partial charge >= 0.3 is 12.1 Å². The summed E-state index contributed by atoms with van der Waals surface area (Å²) in [5.41, 5.74) is 5.91. The van der Waals surface area contributed by atoms with Crippen LogP contribution in [0.5, 0.6) is 0 Å². The van der Waals surface area contributed by atoms with Gasteiger partial charge in [0.1, 0.15) is 6.67 Å². The van der Waals surface area contributed by atoms with Crippen molar-refractivity contribution in [1.82, 2.24) is 5.01 Å². The van der Waals surface area contributed by atoms with E-state index in [0.717, 1.165) is 0 Å². The number of carboxylic acid groups (broad SMARTS) is 1. The fourth-order valence-electron chi connectivity index (χ4n) is 0.506. The number of carboxylic acids is 1. The van der Waals surface area contributed by atoms with Crippen molar-refractivity contribution < 1.29 is 23.1 Å². The van der Waals surface area contributed by atoms with Gasteiger partial charge in [-0.05, 0) is 0 Å². The first kappa shape index (κ1) is 13.2. The number of rotatable bonds is 0. The molecule has 1 rings (SSSR count). The fraction of sp³-hybridized carbons (Fsp3) is 0.333. The lowest BCUT2D eigenvalue weighted by Gasteiger charge is -2.13. The molecule has 5 N–H and O–H groups in total. The smallest absolute Gasteiger partial charge is 0.475 e. The van der Waals surface area contributed by atoms with Crippen LogP contribution in [-0.4, -0.2) is 35.1 Å². The lowest BCUT2D eigenvalue weighted by molar-refractivity contribution is -0.192. The molecule has 0 aromatic carbocycles. The molecule has 1 heterocycles. The van der Waals surface area contributed by atoms with Crippen molar-refractivity contribution in [3.8, 4) is 0 Å². The molecule has 0 saturated carbocycles. The summed E-state index contributed by atoms with van der Waals surface area (Å²) >= 11 is 0. The highest BCUT2D eigenvalue weighted by Gasteiger charge is 2.38. The van der Waals surface area contributed by atoms with Gasteiger partial charge in [0.2, 0.25) is 0 Å². The second-order valence-corrected chi connectivity index (χ2v) is 2.40. The average Bonchev–Trinajstić information content (AvgIpc) is 2.02. The maximum Gasteiger partial charge on any atom is 0.490 e. The maximum absolute atomic E-state index is 10.6. The number of alkyl halides is 3. The molecule has 0 fully saturated rings. The third kappa shape index (κ3) is 6.32. The van der Waals surface area contributed by atoms with Crippen LogP contribution in [0.2, 0.25) is 0 Å². The van der Waals surface area contributed by atoms with E-state index in [4.69, 9.17) is 21.5 Å².